The number of hydrogen-bond acceptors (Lipinski definition) is 4. The fraction of sp³-hybridized carbons (Fsp3) is 0.182. The van der Waals surface area contributed by atoms with Crippen LogP contribution in [0.3, 0.4) is 0 Å². The van der Waals surface area contributed by atoms with E-state index >= 15 is 0 Å². The lowest BCUT2D eigenvalue weighted by molar-refractivity contribution is 0.0697. The maximum absolute atomic E-state index is 10.8. The molecule has 0 amide bonds. The average Bonchev–Trinajstić information content (AvgIpc) is 2.27. The fourth-order valence-electron chi connectivity index (χ4n) is 1.37. The summed E-state index contributed by atoms with van der Waals surface area (Å²) < 4.78 is 0. The van der Waals surface area contributed by atoms with Crippen LogP contribution in [-0.2, 0) is 0 Å². The number of nitrogens with zero attached hydrogens (tertiary/aromatic N) is 3. The summed E-state index contributed by atoms with van der Waals surface area (Å²) in [6, 6.07) is 4.79. The summed E-state index contributed by atoms with van der Waals surface area (Å²) in [4.78, 5) is 21.0. The van der Waals surface area contributed by atoms with Gasteiger partial charge in [-0.1, -0.05) is 0 Å². The van der Waals surface area contributed by atoms with E-state index in [-0.39, 0.29) is 5.56 Å². The first-order chi connectivity index (χ1) is 7.58. The van der Waals surface area contributed by atoms with E-state index in [0.717, 1.165) is 10.9 Å². The van der Waals surface area contributed by atoms with Gasteiger partial charge in [-0.25, -0.2) is 14.8 Å². The van der Waals surface area contributed by atoms with E-state index in [4.69, 9.17) is 5.11 Å². The Bertz CT molecular complexity index is 552. The lowest BCUT2D eigenvalue weighted by Crippen LogP contribution is -2.12. The monoisotopic (exact) mass is 217 g/mol. The Hall–Kier alpha value is -2.17. The molecule has 1 heterocycles. The summed E-state index contributed by atoms with van der Waals surface area (Å²) in [5, 5.41) is 9.57. The Morgan fingerprint density at radius 3 is 2.75 bits per heavy atom. The number of hydrogen-bond donors (Lipinski definition) is 1. The topological polar surface area (TPSA) is 66.3 Å². The minimum absolute atomic E-state index is 0.244. The van der Waals surface area contributed by atoms with E-state index in [0.29, 0.717) is 5.95 Å². The number of carbonyl (C=O) groups is 1. The summed E-state index contributed by atoms with van der Waals surface area (Å²) in [5.74, 6) is -0.339. The van der Waals surface area contributed by atoms with Crippen LogP contribution in [0, 0.1) is 0 Å². The third kappa shape index (κ3) is 1.79. The van der Waals surface area contributed by atoms with Gasteiger partial charge < -0.3 is 10.0 Å². The Morgan fingerprint density at radius 1 is 1.38 bits per heavy atom. The van der Waals surface area contributed by atoms with Gasteiger partial charge in [0.15, 0.2) is 0 Å². The van der Waals surface area contributed by atoms with E-state index in [1.54, 1.807) is 23.2 Å². The first kappa shape index (κ1) is 10.4. The molecule has 0 bridgehead atoms. The SMILES string of the molecule is CN(C)c1ncc2cc(C(=O)O)ccc2n1. The smallest absolute Gasteiger partial charge is 0.335 e. The van der Waals surface area contributed by atoms with Gasteiger partial charge in [0.05, 0.1) is 11.1 Å². The number of anilines is 1. The molecule has 5 heteroatoms. The second-order valence-corrected chi connectivity index (χ2v) is 3.64. The van der Waals surface area contributed by atoms with Crippen LogP contribution < -0.4 is 4.90 Å². The van der Waals surface area contributed by atoms with E-state index in [1.165, 1.54) is 6.07 Å². The number of benzene rings is 1. The van der Waals surface area contributed by atoms with Gasteiger partial charge in [0.1, 0.15) is 0 Å². The van der Waals surface area contributed by atoms with E-state index < -0.39 is 5.97 Å². The van der Waals surface area contributed by atoms with Gasteiger partial charge >= 0.3 is 5.97 Å². The molecular formula is C11H11N3O2. The largest absolute Gasteiger partial charge is 0.478 e. The molecule has 1 aromatic heterocycles. The second-order valence-electron chi connectivity index (χ2n) is 3.64. The molecule has 2 aromatic rings. The van der Waals surface area contributed by atoms with Crippen LogP contribution in [0.5, 0.6) is 0 Å². The standard InChI is InChI=1S/C11H11N3O2/c1-14(2)11-12-6-8-5-7(10(15)16)3-4-9(8)13-11/h3-6H,1-2H3,(H,15,16). The van der Waals surface area contributed by atoms with Gasteiger partial charge in [-0.15, -0.1) is 0 Å². The maximum atomic E-state index is 10.8. The molecular weight excluding hydrogens is 206 g/mol. The highest BCUT2D eigenvalue weighted by atomic mass is 16.4. The highest BCUT2D eigenvalue weighted by Gasteiger charge is 2.06. The molecule has 5 nitrogen and oxygen atoms in total. The van der Waals surface area contributed by atoms with Crippen molar-refractivity contribution < 1.29 is 9.90 Å². The summed E-state index contributed by atoms with van der Waals surface area (Å²) >= 11 is 0. The number of carboxylic acids is 1. The third-order valence-corrected chi connectivity index (χ3v) is 2.21. The molecule has 0 aliphatic heterocycles. The summed E-state index contributed by atoms with van der Waals surface area (Å²) in [6.45, 7) is 0. The molecule has 0 spiro atoms. The Kier molecular flexibility index (Phi) is 2.44. The zero-order valence-corrected chi connectivity index (χ0v) is 9.01. The van der Waals surface area contributed by atoms with Crippen molar-refractivity contribution in [2.24, 2.45) is 0 Å². The summed E-state index contributed by atoms with van der Waals surface area (Å²) in [7, 11) is 3.71. The molecule has 82 valence electrons. The fourth-order valence-corrected chi connectivity index (χ4v) is 1.37. The van der Waals surface area contributed by atoms with Crippen molar-refractivity contribution in [3.05, 3.63) is 30.0 Å². The molecule has 0 atom stereocenters. The molecule has 16 heavy (non-hydrogen) atoms. The van der Waals surface area contributed by atoms with Gasteiger partial charge in [-0.3, -0.25) is 0 Å². The molecule has 1 N–H and O–H groups in total. The van der Waals surface area contributed by atoms with Gasteiger partial charge in [-0.2, -0.15) is 0 Å². The Morgan fingerprint density at radius 2 is 2.12 bits per heavy atom. The quantitative estimate of drug-likeness (QED) is 0.823. The normalized spacial score (nSPS) is 10.4. The van der Waals surface area contributed by atoms with Crippen LogP contribution in [0.25, 0.3) is 10.9 Å². The minimum Gasteiger partial charge on any atom is -0.478 e. The average molecular weight is 217 g/mol. The number of aromatic carboxylic acids is 1. The van der Waals surface area contributed by atoms with Crippen molar-refractivity contribution in [3.8, 4) is 0 Å². The first-order valence-corrected chi connectivity index (χ1v) is 4.75. The summed E-state index contributed by atoms with van der Waals surface area (Å²) in [5.41, 5.74) is 0.984. The molecule has 0 aliphatic carbocycles. The molecule has 0 unspecified atom stereocenters. The predicted octanol–water partition coefficient (Wildman–Crippen LogP) is 1.39. The van der Waals surface area contributed by atoms with Crippen LogP contribution in [-0.4, -0.2) is 35.1 Å². The van der Waals surface area contributed by atoms with Crippen molar-refractivity contribution in [2.75, 3.05) is 19.0 Å². The lowest BCUT2D eigenvalue weighted by atomic mass is 10.1. The van der Waals surface area contributed by atoms with Crippen molar-refractivity contribution in [2.45, 2.75) is 0 Å². The number of rotatable bonds is 2. The van der Waals surface area contributed by atoms with Gasteiger partial charge in [0, 0.05) is 25.7 Å². The van der Waals surface area contributed by atoms with Crippen LogP contribution in [0.2, 0.25) is 0 Å². The highest BCUT2D eigenvalue weighted by Crippen LogP contribution is 2.15. The van der Waals surface area contributed by atoms with Crippen LogP contribution in [0.1, 0.15) is 10.4 Å². The maximum Gasteiger partial charge on any atom is 0.335 e. The number of aromatic nitrogens is 2. The van der Waals surface area contributed by atoms with Crippen molar-refractivity contribution in [1.29, 1.82) is 0 Å². The van der Waals surface area contributed by atoms with E-state index in [2.05, 4.69) is 9.97 Å². The van der Waals surface area contributed by atoms with Gasteiger partial charge in [0.25, 0.3) is 0 Å². The highest BCUT2D eigenvalue weighted by molar-refractivity contribution is 5.93. The third-order valence-electron chi connectivity index (χ3n) is 2.21. The van der Waals surface area contributed by atoms with Crippen LogP contribution in [0.15, 0.2) is 24.4 Å². The van der Waals surface area contributed by atoms with Gasteiger partial charge in [0.2, 0.25) is 5.95 Å². The Labute approximate surface area is 92.4 Å². The van der Waals surface area contributed by atoms with Crippen molar-refractivity contribution in [1.82, 2.24) is 9.97 Å². The van der Waals surface area contributed by atoms with E-state index in [9.17, 15) is 4.79 Å². The van der Waals surface area contributed by atoms with Crippen molar-refractivity contribution >= 4 is 22.8 Å². The second kappa shape index (κ2) is 3.77. The van der Waals surface area contributed by atoms with E-state index in [1.807, 2.05) is 14.1 Å². The first-order valence-electron chi connectivity index (χ1n) is 4.75. The van der Waals surface area contributed by atoms with Crippen molar-refractivity contribution in [3.63, 3.8) is 0 Å². The predicted molar refractivity (Wildman–Crippen MR) is 60.8 cm³/mol. The number of fused-ring (bicyclic) bond motifs is 1. The van der Waals surface area contributed by atoms with Crippen LogP contribution in [0.4, 0.5) is 5.95 Å². The number of carboxylic acid groups (broad SMARTS) is 1. The lowest BCUT2D eigenvalue weighted by Gasteiger charge is -2.09. The zero-order valence-electron chi connectivity index (χ0n) is 9.01. The molecule has 0 radical (unpaired) electrons. The van der Waals surface area contributed by atoms with Gasteiger partial charge in [-0.05, 0) is 18.2 Å². The molecule has 1 aromatic carbocycles. The molecule has 0 saturated heterocycles. The Balaban J connectivity index is 2.57. The molecule has 0 fully saturated rings. The zero-order chi connectivity index (χ0) is 11.7. The molecule has 0 aliphatic rings. The molecule has 0 saturated carbocycles. The summed E-state index contributed by atoms with van der Waals surface area (Å²) in [6.07, 6.45) is 1.63. The van der Waals surface area contributed by atoms with Crippen LogP contribution >= 0.6 is 0 Å². The molecule has 2 rings (SSSR count). The minimum atomic E-state index is -0.946.